The minimum Gasteiger partial charge on any atom is -0.473 e. The van der Waals surface area contributed by atoms with Crippen LogP contribution in [-0.2, 0) is 0 Å². The van der Waals surface area contributed by atoms with E-state index in [4.69, 9.17) is 22.7 Å². The number of rotatable bonds is 4. The van der Waals surface area contributed by atoms with Gasteiger partial charge in [0, 0.05) is 17.8 Å². The Morgan fingerprint density at radius 1 is 1.73 bits per heavy atom. The molecule has 1 unspecified atom stereocenters. The van der Waals surface area contributed by atoms with E-state index in [1.807, 2.05) is 0 Å². The predicted molar refractivity (Wildman–Crippen MR) is 69.2 cm³/mol. The molecule has 1 aromatic heterocycles. The molecule has 0 fully saturated rings. The van der Waals surface area contributed by atoms with Crippen LogP contribution >= 0.6 is 34.8 Å². The van der Waals surface area contributed by atoms with Crippen LogP contribution in [0.4, 0.5) is 4.39 Å². The third kappa shape index (κ3) is 4.70. The second-order valence-corrected chi connectivity index (χ2v) is 5.80. The van der Waals surface area contributed by atoms with E-state index in [9.17, 15) is 4.39 Å². The Labute approximate surface area is 106 Å². The molecule has 3 nitrogen and oxygen atoms in total. The number of thiocarbonyl (C=S) groups is 1. The van der Waals surface area contributed by atoms with Crippen molar-refractivity contribution in [3.63, 3.8) is 0 Å². The molecule has 6 heteroatoms. The smallest absolute Gasteiger partial charge is 0.213 e. The fourth-order valence-electron chi connectivity index (χ4n) is 0.812. The number of ether oxygens (including phenoxy) is 1. The van der Waals surface area contributed by atoms with E-state index in [0.29, 0.717) is 11.4 Å². The molecule has 0 saturated carbocycles. The molecule has 82 valence electrons. The van der Waals surface area contributed by atoms with Gasteiger partial charge in [0.25, 0.3) is 0 Å². The van der Waals surface area contributed by atoms with Crippen molar-refractivity contribution in [2.75, 3.05) is 6.61 Å². The number of nitrogens with two attached hydrogens (primary N) is 1. The Bertz CT molecular complexity index is 350. The van der Waals surface area contributed by atoms with Crippen molar-refractivity contribution in [2.45, 2.75) is 10.6 Å². The summed E-state index contributed by atoms with van der Waals surface area (Å²) in [4.78, 5) is 4.22. The van der Waals surface area contributed by atoms with Crippen molar-refractivity contribution in [2.24, 2.45) is 5.73 Å². The normalized spacial score (nSPS) is 14.3. The van der Waals surface area contributed by atoms with Crippen molar-refractivity contribution in [1.29, 1.82) is 0 Å². The maximum Gasteiger partial charge on any atom is 0.213 e. The van der Waals surface area contributed by atoms with E-state index < -0.39 is 3.68 Å². The molecule has 1 aromatic rings. The lowest BCUT2D eigenvalue weighted by atomic mass is 10.3. The zero-order valence-electron chi connectivity index (χ0n) is 8.04. The van der Waals surface area contributed by atoms with Gasteiger partial charge in [0.2, 0.25) is 5.88 Å². The average Bonchev–Trinajstić information content (AvgIpc) is 2.14. The van der Waals surface area contributed by atoms with Crippen LogP contribution in [0.2, 0.25) is 0 Å². The third-order valence-corrected chi connectivity index (χ3v) is 2.04. The molecule has 1 rings (SSSR count). The van der Waals surface area contributed by atoms with Gasteiger partial charge in [0.05, 0.1) is 0 Å². The van der Waals surface area contributed by atoms with Crippen molar-refractivity contribution in [1.82, 2.24) is 4.98 Å². The van der Waals surface area contributed by atoms with Crippen LogP contribution in [0.25, 0.3) is 0 Å². The van der Waals surface area contributed by atoms with Gasteiger partial charge in [-0.25, -0.2) is 9.37 Å². The Morgan fingerprint density at radius 2 is 2.40 bits per heavy atom. The Hall–Kier alpha value is -0.500. The van der Waals surface area contributed by atoms with Crippen LogP contribution < -0.4 is 10.5 Å². The van der Waals surface area contributed by atoms with Crippen LogP contribution in [-0.4, -0.2) is 20.3 Å². The number of pyridine rings is 1. The van der Waals surface area contributed by atoms with Crippen molar-refractivity contribution in [3.8, 4) is 5.88 Å². The highest BCUT2D eigenvalue weighted by molar-refractivity contribution is 14.1. The Kier molecular flexibility index (Phi) is 4.21. The molecule has 0 amide bonds. The van der Waals surface area contributed by atoms with E-state index in [1.54, 1.807) is 34.7 Å². The molecule has 0 aliphatic rings. The van der Waals surface area contributed by atoms with Crippen molar-refractivity contribution >= 4 is 39.8 Å². The van der Waals surface area contributed by atoms with Gasteiger partial charge >= 0.3 is 0 Å². The molecule has 0 spiro atoms. The van der Waals surface area contributed by atoms with E-state index in [-0.39, 0.29) is 11.6 Å². The fourth-order valence-corrected chi connectivity index (χ4v) is 1.09. The Balaban J connectivity index is 2.61. The summed E-state index contributed by atoms with van der Waals surface area (Å²) in [7, 11) is 0. The molecule has 0 bridgehead atoms. The lowest BCUT2D eigenvalue weighted by molar-refractivity contribution is 0.191. The van der Waals surface area contributed by atoms with E-state index in [0.717, 1.165) is 0 Å². The van der Waals surface area contributed by atoms with Gasteiger partial charge in [0.1, 0.15) is 11.6 Å². The zero-order chi connectivity index (χ0) is 11.5. The van der Waals surface area contributed by atoms with Gasteiger partial charge < -0.3 is 10.5 Å². The molecule has 2 N–H and O–H groups in total. The number of halogens is 2. The summed E-state index contributed by atoms with van der Waals surface area (Å²) >= 11 is 6.43. The van der Waals surface area contributed by atoms with Crippen LogP contribution in [0.1, 0.15) is 12.5 Å². The number of aromatic nitrogens is 1. The van der Waals surface area contributed by atoms with Gasteiger partial charge in [-0.1, -0.05) is 12.2 Å². The summed E-state index contributed by atoms with van der Waals surface area (Å²) < 4.78 is 16.8. The molecular formula is C9H10FIN2OS. The van der Waals surface area contributed by atoms with Crippen molar-refractivity contribution < 1.29 is 9.13 Å². The summed E-state index contributed by atoms with van der Waals surface area (Å²) in [6.45, 7) is 1.38. The molecule has 0 saturated heterocycles. The minimum absolute atomic E-state index is 0.0486. The standard InChI is InChI=1S/C9H10FIN2OS/c1-9(10,11)5-14-7-3-2-6(4-13-7)8(12)15/h2-4H,5H2,1H3,(H2,12,15). The van der Waals surface area contributed by atoms with E-state index >= 15 is 0 Å². The third-order valence-electron chi connectivity index (χ3n) is 1.49. The largest absolute Gasteiger partial charge is 0.473 e. The van der Waals surface area contributed by atoms with Crippen LogP contribution in [0.5, 0.6) is 5.88 Å². The highest BCUT2D eigenvalue weighted by Gasteiger charge is 2.18. The second kappa shape index (κ2) is 5.02. The second-order valence-electron chi connectivity index (χ2n) is 3.11. The summed E-state index contributed by atoms with van der Waals surface area (Å²) in [5, 5.41) is 0. The summed E-state index contributed by atoms with van der Waals surface area (Å²) in [6, 6.07) is 3.30. The van der Waals surface area contributed by atoms with Gasteiger partial charge in [-0.05, 0) is 35.6 Å². The fraction of sp³-hybridized carbons (Fsp3) is 0.333. The number of nitrogens with zero attached hydrogens (tertiary/aromatic N) is 1. The zero-order valence-corrected chi connectivity index (χ0v) is 11.0. The van der Waals surface area contributed by atoms with Gasteiger partial charge in [-0.15, -0.1) is 0 Å². The lowest BCUT2D eigenvalue weighted by Gasteiger charge is -2.12. The quantitative estimate of drug-likeness (QED) is 0.519. The molecule has 15 heavy (non-hydrogen) atoms. The van der Waals surface area contributed by atoms with E-state index in [2.05, 4.69) is 4.98 Å². The number of hydrogen-bond acceptors (Lipinski definition) is 3. The number of hydrogen-bond donors (Lipinski definition) is 1. The highest BCUT2D eigenvalue weighted by Crippen LogP contribution is 2.20. The van der Waals surface area contributed by atoms with E-state index in [1.165, 1.54) is 13.1 Å². The van der Waals surface area contributed by atoms with Crippen LogP contribution in [0, 0.1) is 0 Å². The monoisotopic (exact) mass is 340 g/mol. The van der Waals surface area contributed by atoms with Crippen molar-refractivity contribution in [3.05, 3.63) is 23.9 Å². The first kappa shape index (κ1) is 12.6. The molecule has 1 atom stereocenters. The highest BCUT2D eigenvalue weighted by atomic mass is 127. The maximum absolute atomic E-state index is 13.1. The molecule has 0 aliphatic heterocycles. The maximum atomic E-state index is 13.1. The van der Waals surface area contributed by atoms with Gasteiger partial charge in [-0.2, -0.15) is 0 Å². The molecule has 1 heterocycles. The summed E-state index contributed by atoms with van der Waals surface area (Å²) in [6.07, 6.45) is 1.50. The molecule has 0 aliphatic carbocycles. The van der Waals surface area contributed by atoms with Gasteiger partial charge in [-0.3, -0.25) is 0 Å². The Morgan fingerprint density at radius 3 is 2.80 bits per heavy atom. The SMILES string of the molecule is CC(F)(I)COc1ccc(C(N)=S)cn1. The molecular weight excluding hydrogens is 330 g/mol. The first-order valence-corrected chi connectivity index (χ1v) is 5.64. The number of alkyl halides is 2. The summed E-state index contributed by atoms with van der Waals surface area (Å²) in [5.74, 6) is 0.357. The van der Waals surface area contributed by atoms with Gasteiger partial charge in [0.15, 0.2) is 3.68 Å². The minimum atomic E-state index is -1.40. The van der Waals surface area contributed by atoms with Crippen LogP contribution in [0.15, 0.2) is 18.3 Å². The molecule has 0 radical (unpaired) electrons. The lowest BCUT2D eigenvalue weighted by Crippen LogP contribution is -2.19. The molecule has 0 aromatic carbocycles. The summed E-state index contributed by atoms with van der Waals surface area (Å²) in [5.41, 5.74) is 6.06. The first-order chi connectivity index (χ1) is 6.88. The van der Waals surface area contributed by atoms with Crippen LogP contribution in [0.3, 0.4) is 0 Å². The predicted octanol–water partition coefficient (Wildman–Crippen LogP) is 2.22. The first-order valence-electron chi connectivity index (χ1n) is 4.15. The average molecular weight is 340 g/mol. The topological polar surface area (TPSA) is 48.1 Å².